The van der Waals surface area contributed by atoms with Crippen LogP contribution in [0.15, 0.2) is 18.3 Å². The molecule has 2 rings (SSSR count). The van der Waals surface area contributed by atoms with Gasteiger partial charge in [-0.15, -0.1) is 0 Å². The fourth-order valence-corrected chi connectivity index (χ4v) is 1.65. The number of nitrogens with one attached hydrogen (secondary N) is 1. The van der Waals surface area contributed by atoms with Crippen molar-refractivity contribution >= 4 is 5.69 Å². The molecule has 14 heavy (non-hydrogen) atoms. The van der Waals surface area contributed by atoms with E-state index in [1.807, 2.05) is 0 Å². The largest absolute Gasteiger partial charge is 0.316 e. The number of pyridine rings is 1. The first-order valence-corrected chi connectivity index (χ1v) is 4.58. The van der Waals surface area contributed by atoms with Gasteiger partial charge in [0.2, 0.25) is 0 Å². The maximum absolute atomic E-state index is 10.4. The Morgan fingerprint density at radius 3 is 2.93 bits per heavy atom. The lowest BCUT2D eigenvalue weighted by molar-refractivity contribution is -0.385. The van der Waals surface area contributed by atoms with Gasteiger partial charge in [0, 0.05) is 24.2 Å². The Labute approximate surface area is 81.3 Å². The van der Waals surface area contributed by atoms with E-state index in [9.17, 15) is 10.1 Å². The molecule has 1 atom stereocenters. The molecular weight excluding hydrogens is 182 g/mol. The zero-order valence-corrected chi connectivity index (χ0v) is 7.64. The zero-order valence-electron chi connectivity index (χ0n) is 7.64. The van der Waals surface area contributed by atoms with E-state index in [2.05, 4.69) is 10.3 Å². The summed E-state index contributed by atoms with van der Waals surface area (Å²) in [6, 6.07) is 3.26. The van der Waals surface area contributed by atoms with Crippen LogP contribution in [0.25, 0.3) is 0 Å². The Bertz CT molecular complexity index is 330. The lowest BCUT2D eigenvalue weighted by Crippen LogP contribution is -2.08. The van der Waals surface area contributed by atoms with Crippen molar-refractivity contribution in [3.8, 4) is 0 Å². The highest BCUT2D eigenvalue weighted by atomic mass is 16.6. The summed E-state index contributed by atoms with van der Waals surface area (Å²) in [7, 11) is 0. The van der Waals surface area contributed by atoms with Gasteiger partial charge in [-0.25, -0.2) is 0 Å². The van der Waals surface area contributed by atoms with Crippen LogP contribution < -0.4 is 5.32 Å². The van der Waals surface area contributed by atoms with Crippen LogP contribution in [0.2, 0.25) is 0 Å². The van der Waals surface area contributed by atoms with E-state index < -0.39 is 4.92 Å². The van der Waals surface area contributed by atoms with Crippen LogP contribution in [-0.2, 0) is 0 Å². The number of hydrogen-bond acceptors (Lipinski definition) is 4. The number of nitrogens with zero attached hydrogens (tertiary/aromatic N) is 2. The summed E-state index contributed by atoms with van der Waals surface area (Å²) in [5, 5.41) is 13.6. The summed E-state index contributed by atoms with van der Waals surface area (Å²) in [5.74, 6) is 0.413. The third kappa shape index (κ3) is 1.72. The second-order valence-corrected chi connectivity index (χ2v) is 3.39. The minimum absolute atomic E-state index is 0.0553. The number of rotatable bonds is 2. The number of aromatic nitrogens is 1. The fraction of sp³-hybridized carbons (Fsp3) is 0.444. The molecule has 1 N–H and O–H groups in total. The Kier molecular flexibility index (Phi) is 2.41. The van der Waals surface area contributed by atoms with Gasteiger partial charge in [-0.1, -0.05) is 0 Å². The highest BCUT2D eigenvalue weighted by Gasteiger charge is 2.18. The van der Waals surface area contributed by atoms with Crippen molar-refractivity contribution in [2.24, 2.45) is 0 Å². The molecule has 0 saturated carbocycles. The zero-order chi connectivity index (χ0) is 9.97. The molecule has 5 heteroatoms. The van der Waals surface area contributed by atoms with Crippen LogP contribution >= 0.6 is 0 Å². The first-order chi connectivity index (χ1) is 6.77. The standard InChI is InChI=1S/C9H11N3O2/c13-12(14)8-1-2-9(11-6-8)7-3-4-10-5-7/h1-2,6-7,10H,3-5H2. The summed E-state index contributed by atoms with van der Waals surface area (Å²) >= 11 is 0. The van der Waals surface area contributed by atoms with Crippen molar-refractivity contribution in [2.45, 2.75) is 12.3 Å². The van der Waals surface area contributed by atoms with Crippen LogP contribution in [0, 0.1) is 10.1 Å². The van der Waals surface area contributed by atoms with E-state index in [0.29, 0.717) is 5.92 Å². The molecule has 1 unspecified atom stereocenters. The molecule has 0 aliphatic carbocycles. The van der Waals surface area contributed by atoms with Crippen LogP contribution in [0.5, 0.6) is 0 Å². The number of nitro groups is 1. The van der Waals surface area contributed by atoms with E-state index >= 15 is 0 Å². The second-order valence-electron chi connectivity index (χ2n) is 3.39. The molecule has 0 aromatic carbocycles. The van der Waals surface area contributed by atoms with E-state index in [-0.39, 0.29) is 5.69 Å². The molecule has 2 heterocycles. The Morgan fingerprint density at radius 2 is 2.43 bits per heavy atom. The van der Waals surface area contributed by atoms with Crippen molar-refractivity contribution in [1.82, 2.24) is 10.3 Å². The van der Waals surface area contributed by atoms with Gasteiger partial charge >= 0.3 is 0 Å². The van der Waals surface area contributed by atoms with E-state index in [0.717, 1.165) is 25.2 Å². The monoisotopic (exact) mass is 193 g/mol. The normalized spacial score (nSPS) is 21.0. The molecule has 1 fully saturated rings. The predicted octanol–water partition coefficient (Wildman–Crippen LogP) is 1.07. The Hall–Kier alpha value is -1.49. The summed E-state index contributed by atoms with van der Waals surface area (Å²) in [5.41, 5.74) is 1.00. The van der Waals surface area contributed by atoms with Gasteiger partial charge in [-0.3, -0.25) is 15.1 Å². The lowest BCUT2D eigenvalue weighted by Gasteiger charge is -2.05. The van der Waals surface area contributed by atoms with Gasteiger partial charge < -0.3 is 5.32 Å². The summed E-state index contributed by atoms with van der Waals surface area (Å²) < 4.78 is 0. The average Bonchev–Trinajstić information content (AvgIpc) is 2.71. The first kappa shape index (κ1) is 9.08. The van der Waals surface area contributed by atoms with Crippen LogP contribution in [-0.4, -0.2) is 23.0 Å². The summed E-state index contributed by atoms with van der Waals surface area (Å²) in [6.45, 7) is 1.92. The maximum Gasteiger partial charge on any atom is 0.287 e. The highest BCUT2D eigenvalue weighted by Crippen LogP contribution is 2.21. The Balaban J connectivity index is 2.16. The summed E-state index contributed by atoms with van der Waals surface area (Å²) in [6.07, 6.45) is 2.39. The molecule has 1 aliphatic heterocycles. The smallest absolute Gasteiger partial charge is 0.287 e. The number of hydrogen-bond donors (Lipinski definition) is 1. The maximum atomic E-state index is 10.4. The third-order valence-corrected chi connectivity index (χ3v) is 2.46. The van der Waals surface area contributed by atoms with Gasteiger partial charge in [-0.2, -0.15) is 0 Å². The third-order valence-electron chi connectivity index (χ3n) is 2.46. The van der Waals surface area contributed by atoms with Gasteiger partial charge in [-0.05, 0) is 19.0 Å². The predicted molar refractivity (Wildman–Crippen MR) is 51.1 cm³/mol. The van der Waals surface area contributed by atoms with Crippen molar-refractivity contribution in [1.29, 1.82) is 0 Å². The van der Waals surface area contributed by atoms with Crippen LogP contribution in [0.3, 0.4) is 0 Å². The molecule has 5 nitrogen and oxygen atoms in total. The Morgan fingerprint density at radius 1 is 1.57 bits per heavy atom. The molecule has 0 amide bonds. The lowest BCUT2D eigenvalue weighted by atomic mass is 10.0. The van der Waals surface area contributed by atoms with Crippen molar-refractivity contribution < 1.29 is 4.92 Å². The summed E-state index contributed by atoms with van der Waals surface area (Å²) in [4.78, 5) is 14.1. The van der Waals surface area contributed by atoms with Gasteiger partial charge in [0.1, 0.15) is 6.20 Å². The average molecular weight is 193 g/mol. The minimum Gasteiger partial charge on any atom is -0.316 e. The first-order valence-electron chi connectivity index (χ1n) is 4.58. The SMILES string of the molecule is O=[N+]([O-])c1ccc(C2CCNC2)nc1. The van der Waals surface area contributed by atoms with E-state index in [1.54, 1.807) is 6.07 Å². The molecule has 0 bridgehead atoms. The quantitative estimate of drug-likeness (QED) is 0.563. The van der Waals surface area contributed by atoms with Crippen molar-refractivity contribution in [2.75, 3.05) is 13.1 Å². The molecule has 1 aromatic heterocycles. The molecule has 1 saturated heterocycles. The highest BCUT2D eigenvalue weighted by molar-refractivity contribution is 5.28. The van der Waals surface area contributed by atoms with Gasteiger partial charge in [0.05, 0.1) is 4.92 Å². The van der Waals surface area contributed by atoms with E-state index in [1.165, 1.54) is 12.3 Å². The van der Waals surface area contributed by atoms with Crippen molar-refractivity contribution in [3.05, 3.63) is 34.1 Å². The molecular formula is C9H11N3O2. The van der Waals surface area contributed by atoms with Gasteiger partial charge in [0.15, 0.2) is 0 Å². The molecule has 74 valence electrons. The molecule has 0 radical (unpaired) electrons. The minimum atomic E-state index is -0.427. The topological polar surface area (TPSA) is 68.1 Å². The van der Waals surface area contributed by atoms with Crippen LogP contribution in [0.4, 0.5) is 5.69 Å². The molecule has 1 aliphatic rings. The second kappa shape index (κ2) is 3.71. The van der Waals surface area contributed by atoms with Gasteiger partial charge in [0.25, 0.3) is 5.69 Å². The van der Waals surface area contributed by atoms with Crippen LogP contribution in [0.1, 0.15) is 18.0 Å². The molecule has 0 spiro atoms. The van der Waals surface area contributed by atoms with Crippen molar-refractivity contribution in [3.63, 3.8) is 0 Å². The fourth-order valence-electron chi connectivity index (χ4n) is 1.65. The van der Waals surface area contributed by atoms with E-state index in [4.69, 9.17) is 0 Å². The molecule has 1 aromatic rings.